The molecule has 1 unspecified atom stereocenters. The van der Waals surface area contributed by atoms with Gasteiger partial charge in [0, 0.05) is 19.3 Å². The fraction of sp³-hybridized carbons (Fsp3) is 0.805. The van der Waals surface area contributed by atoms with E-state index in [1.807, 2.05) is 0 Å². The van der Waals surface area contributed by atoms with Crippen LogP contribution in [0.2, 0.25) is 0 Å². The van der Waals surface area contributed by atoms with E-state index < -0.39 is 32.5 Å². The van der Waals surface area contributed by atoms with E-state index in [2.05, 4.69) is 53.6 Å². The van der Waals surface area contributed by atoms with E-state index in [4.69, 9.17) is 20.4 Å². The summed E-state index contributed by atoms with van der Waals surface area (Å²) in [6.07, 6.45) is 41.2. The standard InChI is InChI=1S/C41H73O9P/c1-4-7-10-12-14-16-18-20-21-23-25-27-29-31-33-35-41(43)49-39(38-48-51(44,45)50-47-36-9-6-3)37-46-40(42)34-32-30-28-26-24-22-19-17-15-13-11-8-5-2/h3,14,16,20-21,39H,4-5,7-13,15,17-19,22-38H2,1-2H3,(H,44,45)/b16-14-,21-20-/t39-/m1/s1. The summed E-state index contributed by atoms with van der Waals surface area (Å²) in [6, 6.07) is 0. The Morgan fingerprint density at radius 2 is 1.14 bits per heavy atom. The summed E-state index contributed by atoms with van der Waals surface area (Å²) >= 11 is 0. The molecule has 296 valence electrons. The number of ether oxygens (including phenoxy) is 2. The van der Waals surface area contributed by atoms with Crippen LogP contribution < -0.4 is 0 Å². The average Bonchev–Trinajstić information content (AvgIpc) is 3.11. The van der Waals surface area contributed by atoms with Crippen LogP contribution in [0.4, 0.5) is 0 Å². The van der Waals surface area contributed by atoms with Gasteiger partial charge in [-0.3, -0.25) is 14.1 Å². The van der Waals surface area contributed by atoms with Gasteiger partial charge in [0.25, 0.3) is 0 Å². The maximum atomic E-state index is 12.6. The summed E-state index contributed by atoms with van der Waals surface area (Å²) in [4.78, 5) is 39.5. The molecule has 0 radical (unpaired) electrons. The van der Waals surface area contributed by atoms with Gasteiger partial charge in [0.1, 0.15) is 6.61 Å². The van der Waals surface area contributed by atoms with Gasteiger partial charge >= 0.3 is 19.8 Å². The fourth-order valence-electron chi connectivity index (χ4n) is 5.39. The molecule has 51 heavy (non-hydrogen) atoms. The second kappa shape index (κ2) is 37.8. The molecule has 0 rings (SSSR count). The molecular weight excluding hydrogens is 667 g/mol. The van der Waals surface area contributed by atoms with E-state index in [0.717, 1.165) is 57.8 Å². The Hall–Kier alpha value is -1.95. The van der Waals surface area contributed by atoms with E-state index in [1.165, 1.54) is 89.9 Å². The molecule has 9 nitrogen and oxygen atoms in total. The van der Waals surface area contributed by atoms with E-state index >= 15 is 0 Å². The number of carbonyl (C=O) groups excluding carboxylic acids is 2. The predicted molar refractivity (Wildman–Crippen MR) is 207 cm³/mol. The molecule has 0 aliphatic rings. The molecule has 0 aliphatic heterocycles. The van der Waals surface area contributed by atoms with Crippen LogP contribution in [-0.4, -0.2) is 42.8 Å². The van der Waals surface area contributed by atoms with Crippen LogP contribution in [0.15, 0.2) is 24.3 Å². The van der Waals surface area contributed by atoms with Crippen LogP contribution in [0.1, 0.15) is 187 Å². The lowest BCUT2D eigenvalue weighted by Crippen LogP contribution is -2.29. The predicted octanol–water partition coefficient (Wildman–Crippen LogP) is 11.8. The van der Waals surface area contributed by atoms with Crippen molar-refractivity contribution in [3.63, 3.8) is 0 Å². The lowest BCUT2D eigenvalue weighted by atomic mass is 10.0. The number of carbonyl (C=O) groups is 2. The fourth-order valence-corrected chi connectivity index (χ4v) is 6.00. The molecule has 0 saturated heterocycles. The Morgan fingerprint density at radius 3 is 1.69 bits per heavy atom. The maximum absolute atomic E-state index is 12.6. The van der Waals surface area contributed by atoms with Crippen molar-refractivity contribution in [2.45, 2.75) is 193 Å². The molecule has 2 atom stereocenters. The number of phosphoric acid groups is 1. The average molecular weight is 741 g/mol. The third kappa shape index (κ3) is 37.6. The van der Waals surface area contributed by atoms with Crippen LogP contribution in [0.5, 0.6) is 0 Å². The van der Waals surface area contributed by atoms with Crippen LogP contribution in [0, 0.1) is 12.3 Å². The van der Waals surface area contributed by atoms with Crippen molar-refractivity contribution in [3.8, 4) is 12.3 Å². The largest absolute Gasteiger partial charge is 0.499 e. The number of hydrogen-bond donors (Lipinski definition) is 1. The highest BCUT2D eigenvalue weighted by atomic mass is 31.2. The molecule has 0 bridgehead atoms. The molecule has 0 amide bonds. The number of unbranched alkanes of at least 4 members (excludes halogenated alkanes) is 20. The molecule has 0 aromatic rings. The van der Waals surface area contributed by atoms with Gasteiger partial charge in [0.05, 0.1) is 13.2 Å². The molecule has 1 N–H and O–H groups in total. The highest BCUT2D eigenvalue weighted by molar-refractivity contribution is 7.47. The Kier molecular flexibility index (Phi) is 36.4. The summed E-state index contributed by atoms with van der Waals surface area (Å²) in [5.41, 5.74) is 0. The Labute approximate surface area is 311 Å². The number of terminal acetylenes is 1. The quantitative estimate of drug-likeness (QED) is 0.0125. The zero-order chi connectivity index (χ0) is 37.5. The van der Waals surface area contributed by atoms with E-state index in [1.54, 1.807) is 0 Å². The molecule has 0 aromatic heterocycles. The number of phosphoric ester groups is 1. The lowest BCUT2D eigenvalue weighted by Gasteiger charge is -2.19. The van der Waals surface area contributed by atoms with E-state index in [-0.39, 0.29) is 32.5 Å². The number of esters is 2. The minimum absolute atomic E-state index is 0.0901. The first-order chi connectivity index (χ1) is 24.8. The van der Waals surface area contributed by atoms with Gasteiger partial charge in [0.15, 0.2) is 6.10 Å². The molecule has 0 heterocycles. The van der Waals surface area contributed by atoms with Gasteiger partial charge in [-0.05, 0) is 44.9 Å². The van der Waals surface area contributed by atoms with E-state index in [9.17, 15) is 19.0 Å². The van der Waals surface area contributed by atoms with Crippen LogP contribution in [0.25, 0.3) is 0 Å². The van der Waals surface area contributed by atoms with Crippen LogP contribution in [0.3, 0.4) is 0 Å². The smallest absolute Gasteiger partial charge is 0.462 e. The zero-order valence-corrected chi connectivity index (χ0v) is 33.2. The summed E-state index contributed by atoms with van der Waals surface area (Å²) in [7, 11) is -4.61. The van der Waals surface area contributed by atoms with Crippen molar-refractivity contribution in [2.24, 2.45) is 0 Å². The van der Waals surface area contributed by atoms with Gasteiger partial charge < -0.3 is 14.4 Å². The highest BCUT2D eigenvalue weighted by Crippen LogP contribution is 2.43. The molecule has 0 fully saturated rings. The first-order valence-corrected chi connectivity index (χ1v) is 21.7. The normalized spacial score (nSPS) is 13.4. The van der Waals surface area contributed by atoms with Gasteiger partial charge in [-0.2, -0.15) is 0 Å². The topological polar surface area (TPSA) is 118 Å². The van der Waals surface area contributed by atoms with Crippen molar-refractivity contribution in [1.29, 1.82) is 0 Å². The molecule has 0 spiro atoms. The maximum Gasteiger partial charge on any atom is 0.499 e. The van der Waals surface area contributed by atoms with Crippen molar-refractivity contribution in [1.82, 2.24) is 0 Å². The first-order valence-electron chi connectivity index (χ1n) is 20.2. The second-order valence-corrected chi connectivity index (χ2v) is 14.7. The van der Waals surface area contributed by atoms with E-state index in [0.29, 0.717) is 6.42 Å². The highest BCUT2D eigenvalue weighted by Gasteiger charge is 2.27. The second-order valence-electron chi connectivity index (χ2n) is 13.4. The van der Waals surface area contributed by atoms with Crippen molar-refractivity contribution < 1.29 is 42.6 Å². The third-order valence-electron chi connectivity index (χ3n) is 8.44. The summed E-state index contributed by atoms with van der Waals surface area (Å²) in [6.45, 7) is 3.58. The van der Waals surface area contributed by atoms with Crippen molar-refractivity contribution in [3.05, 3.63) is 24.3 Å². The van der Waals surface area contributed by atoms with Gasteiger partial charge in [-0.1, -0.05) is 147 Å². The Balaban J connectivity index is 4.33. The Bertz CT molecular complexity index is 959. The van der Waals surface area contributed by atoms with Gasteiger partial charge in [-0.25, -0.2) is 9.45 Å². The summed E-state index contributed by atoms with van der Waals surface area (Å²) in [5, 5.41) is 0. The SMILES string of the molecule is C#CCCOOP(=O)(O)OC[C@@H](COC(=O)CCCCCCCCCCCCCCC)OC(=O)CCCCCCC/C=C\C/C=C\CCCCC. The summed E-state index contributed by atoms with van der Waals surface area (Å²) in [5.74, 6) is 1.42. The molecule has 0 aromatic carbocycles. The molecular formula is C41H73O9P. The summed E-state index contributed by atoms with van der Waals surface area (Å²) < 4.78 is 32.4. The van der Waals surface area contributed by atoms with Gasteiger partial charge in [0.2, 0.25) is 0 Å². The van der Waals surface area contributed by atoms with Crippen molar-refractivity contribution >= 4 is 19.8 Å². The lowest BCUT2D eigenvalue weighted by molar-refractivity contribution is -0.224. The number of rotatable bonds is 38. The first kappa shape index (κ1) is 49.0. The zero-order valence-electron chi connectivity index (χ0n) is 32.3. The number of allylic oxidation sites excluding steroid dienone is 4. The molecule has 10 heteroatoms. The molecule has 0 saturated carbocycles. The minimum atomic E-state index is -4.61. The van der Waals surface area contributed by atoms with Crippen LogP contribution in [-0.2, 0) is 37.7 Å². The van der Waals surface area contributed by atoms with Gasteiger partial charge in [-0.15, -0.1) is 17.0 Å². The number of hydrogen-bond acceptors (Lipinski definition) is 8. The third-order valence-corrected chi connectivity index (χ3v) is 9.21. The molecule has 0 aliphatic carbocycles. The van der Waals surface area contributed by atoms with Crippen LogP contribution >= 0.6 is 7.82 Å². The monoisotopic (exact) mass is 740 g/mol. The van der Waals surface area contributed by atoms with Crippen molar-refractivity contribution in [2.75, 3.05) is 19.8 Å². The minimum Gasteiger partial charge on any atom is -0.462 e. The Morgan fingerprint density at radius 1 is 0.667 bits per heavy atom.